The number of hydrogen-bond acceptors (Lipinski definition) is 1. The van der Waals surface area contributed by atoms with Gasteiger partial charge in [-0.25, -0.2) is 0 Å². The predicted octanol–water partition coefficient (Wildman–Crippen LogP) is 1.68. The minimum absolute atomic E-state index is 0. The van der Waals surface area contributed by atoms with Gasteiger partial charge in [0.05, 0.1) is 0 Å². The molecule has 58 valence electrons. The van der Waals surface area contributed by atoms with Crippen molar-refractivity contribution in [3.05, 3.63) is 0 Å². The van der Waals surface area contributed by atoms with Gasteiger partial charge in [-0.1, -0.05) is 12.2 Å². The third kappa shape index (κ3) is 3.24. The number of rotatable bonds is 0. The standard InChI is InChI=1S/C6H11NS2.Fe/c8-6(9)7-4-2-1-3-5-7;/h1-5H2,(H,8,9);/q;+2. The average molecular weight is 217 g/mol. The Bertz CT molecular complexity index is 112. The fraction of sp³-hybridized carbons (Fsp3) is 0.833. The van der Waals surface area contributed by atoms with Crippen LogP contribution in [0.15, 0.2) is 0 Å². The second-order valence-corrected chi connectivity index (χ2v) is 3.44. The molecule has 1 aliphatic rings. The van der Waals surface area contributed by atoms with Crippen molar-refractivity contribution in [2.24, 2.45) is 0 Å². The summed E-state index contributed by atoms with van der Waals surface area (Å²) in [4.78, 5) is 2.15. The van der Waals surface area contributed by atoms with Crippen LogP contribution in [0.25, 0.3) is 0 Å². The molecule has 0 aliphatic carbocycles. The van der Waals surface area contributed by atoms with Crippen molar-refractivity contribution in [1.82, 2.24) is 4.90 Å². The fourth-order valence-corrected chi connectivity index (χ4v) is 1.47. The van der Waals surface area contributed by atoms with Crippen molar-refractivity contribution in [3.63, 3.8) is 0 Å². The van der Waals surface area contributed by atoms with Gasteiger partial charge in [-0.3, -0.25) is 0 Å². The van der Waals surface area contributed by atoms with Gasteiger partial charge in [0.1, 0.15) is 4.32 Å². The van der Waals surface area contributed by atoms with Gasteiger partial charge >= 0.3 is 17.1 Å². The molecule has 1 rings (SSSR count). The number of likely N-dealkylation sites (tertiary alicyclic amines) is 1. The number of piperidine rings is 1. The molecular weight excluding hydrogens is 206 g/mol. The molecule has 0 aromatic rings. The molecule has 1 heterocycles. The Balaban J connectivity index is 0.000000810. The van der Waals surface area contributed by atoms with Gasteiger partial charge in [-0.05, 0) is 19.3 Å². The van der Waals surface area contributed by atoms with E-state index in [0.29, 0.717) is 0 Å². The molecular formula is C6H11FeNS2+2. The van der Waals surface area contributed by atoms with E-state index in [4.69, 9.17) is 12.2 Å². The molecule has 0 radical (unpaired) electrons. The Kier molecular flexibility index (Phi) is 5.83. The minimum atomic E-state index is 0. The topological polar surface area (TPSA) is 3.24 Å². The van der Waals surface area contributed by atoms with Crippen molar-refractivity contribution in [2.75, 3.05) is 13.1 Å². The van der Waals surface area contributed by atoms with Crippen molar-refractivity contribution in [3.8, 4) is 0 Å². The summed E-state index contributed by atoms with van der Waals surface area (Å²) in [6.07, 6.45) is 3.91. The van der Waals surface area contributed by atoms with Crippen LogP contribution < -0.4 is 0 Å². The van der Waals surface area contributed by atoms with Gasteiger partial charge in [0.2, 0.25) is 0 Å². The van der Waals surface area contributed by atoms with Gasteiger partial charge in [-0.2, -0.15) is 0 Å². The zero-order valence-electron chi connectivity index (χ0n) is 5.69. The van der Waals surface area contributed by atoms with Crippen LogP contribution in [0.3, 0.4) is 0 Å². The summed E-state index contributed by atoms with van der Waals surface area (Å²) in [6, 6.07) is 0. The van der Waals surface area contributed by atoms with E-state index in [-0.39, 0.29) is 17.1 Å². The summed E-state index contributed by atoms with van der Waals surface area (Å²) in [5.41, 5.74) is 0. The number of hydrogen-bond donors (Lipinski definition) is 1. The zero-order chi connectivity index (χ0) is 6.69. The first kappa shape index (κ1) is 10.8. The zero-order valence-corrected chi connectivity index (χ0v) is 8.51. The molecule has 0 bridgehead atoms. The van der Waals surface area contributed by atoms with Crippen molar-refractivity contribution in [1.29, 1.82) is 0 Å². The average Bonchev–Trinajstić information content (AvgIpc) is 1.90. The third-order valence-electron chi connectivity index (χ3n) is 1.63. The van der Waals surface area contributed by atoms with E-state index >= 15 is 0 Å². The molecule has 0 atom stereocenters. The van der Waals surface area contributed by atoms with Crippen LogP contribution >= 0.6 is 24.8 Å². The summed E-state index contributed by atoms with van der Waals surface area (Å²) in [7, 11) is 0. The van der Waals surface area contributed by atoms with Gasteiger partial charge in [-0.15, -0.1) is 12.6 Å². The maximum Gasteiger partial charge on any atom is 2.00 e. The predicted molar refractivity (Wildman–Crippen MR) is 47.0 cm³/mol. The molecule has 0 amide bonds. The molecule has 0 unspecified atom stereocenters. The van der Waals surface area contributed by atoms with E-state index in [0.717, 1.165) is 17.4 Å². The Morgan fingerprint density at radius 2 is 1.70 bits per heavy atom. The SMILES string of the molecule is S=C(S)N1CCCCC1.[Fe+2]. The van der Waals surface area contributed by atoms with Crippen LogP contribution in [-0.2, 0) is 17.1 Å². The Morgan fingerprint density at radius 1 is 1.20 bits per heavy atom. The summed E-state index contributed by atoms with van der Waals surface area (Å²) in [6.45, 7) is 2.23. The fourth-order valence-electron chi connectivity index (χ4n) is 1.09. The summed E-state index contributed by atoms with van der Waals surface area (Å²) >= 11 is 9.00. The van der Waals surface area contributed by atoms with Gasteiger partial charge in [0.25, 0.3) is 0 Å². The Labute approximate surface area is 83.4 Å². The Hall–Kier alpha value is 0.759. The largest absolute Gasteiger partial charge is 2.00 e. The van der Waals surface area contributed by atoms with E-state index in [9.17, 15) is 0 Å². The first-order chi connectivity index (χ1) is 4.30. The van der Waals surface area contributed by atoms with Crippen molar-refractivity contribution >= 4 is 29.2 Å². The molecule has 1 aliphatic heterocycles. The monoisotopic (exact) mass is 217 g/mol. The maximum atomic E-state index is 4.91. The Morgan fingerprint density at radius 3 is 2.00 bits per heavy atom. The first-order valence-corrected chi connectivity index (χ1v) is 4.14. The molecule has 1 saturated heterocycles. The molecule has 0 aromatic carbocycles. The summed E-state index contributed by atoms with van der Waals surface area (Å²) in [5, 5.41) is 0. The van der Waals surface area contributed by atoms with Crippen molar-refractivity contribution < 1.29 is 17.1 Å². The van der Waals surface area contributed by atoms with Gasteiger partial charge in [0.15, 0.2) is 0 Å². The van der Waals surface area contributed by atoms with E-state index in [2.05, 4.69) is 17.5 Å². The first-order valence-electron chi connectivity index (χ1n) is 3.28. The van der Waals surface area contributed by atoms with E-state index in [1.807, 2.05) is 0 Å². The van der Waals surface area contributed by atoms with Crippen LogP contribution in [0.2, 0.25) is 0 Å². The minimum Gasteiger partial charge on any atom is -0.358 e. The number of thiocarbonyl (C=S) groups is 1. The molecule has 0 spiro atoms. The molecule has 0 saturated carbocycles. The van der Waals surface area contributed by atoms with Crippen LogP contribution in [0.4, 0.5) is 0 Å². The number of thiol groups is 1. The van der Waals surface area contributed by atoms with Crippen LogP contribution in [-0.4, -0.2) is 22.3 Å². The third-order valence-corrected chi connectivity index (χ3v) is 2.17. The van der Waals surface area contributed by atoms with Gasteiger partial charge < -0.3 is 4.90 Å². The molecule has 1 fully saturated rings. The van der Waals surface area contributed by atoms with Crippen LogP contribution in [0.5, 0.6) is 0 Å². The van der Waals surface area contributed by atoms with E-state index in [1.165, 1.54) is 19.3 Å². The van der Waals surface area contributed by atoms with Crippen LogP contribution in [0, 0.1) is 0 Å². The molecule has 0 N–H and O–H groups in total. The van der Waals surface area contributed by atoms with E-state index in [1.54, 1.807) is 0 Å². The molecule has 10 heavy (non-hydrogen) atoms. The summed E-state index contributed by atoms with van der Waals surface area (Å²) < 4.78 is 0.759. The van der Waals surface area contributed by atoms with Gasteiger partial charge in [0, 0.05) is 13.1 Å². The maximum absolute atomic E-state index is 4.91. The normalized spacial score (nSPS) is 17.9. The quantitative estimate of drug-likeness (QED) is 0.373. The second-order valence-electron chi connectivity index (χ2n) is 2.33. The van der Waals surface area contributed by atoms with Crippen molar-refractivity contribution in [2.45, 2.75) is 19.3 Å². The summed E-state index contributed by atoms with van der Waals surface area (Å²) in [5.74, 6) is 0. The molecule has 0 aromatic heterocycles. The number of nitrogens with zero attached hydrogens (tertiary/aromatic N) is 1. The molecule has 4 heteroatoms. The van der Waals surface area contributed by atoms with Crippen LogP contribution in [0.1, 0.15) is 19.3 Å². The molecule has 1 nitrogen and oxygen atoms in total. The smallest absolute Gasteiger partial charge is 0.358 e. The van der Waals surface area contributed by atoms with E-state index < -0.39 is 0 Å². The second kappa shape index (κ2) is 5.42.